The molecule has 1 aliphatic rings. The second-order valence-electron chi connectivity index (χ2n) is 6.97. The molecule has 0 amide bonds. The number of aliphatic imine (C=N–C) groups is 1. The van der Waals surface area contributed by atoms with Crippen LogP contribution in [0.5, 0.6) is 0 Å². The van der Waals surface area contributed by atoms with Gasteiger partial charge in [0.1, 0.15) is 0 Å². The SMILES string of the molecule is Cc1ccc(NC(N)=NCc2ccccc2CN2CCC(O)CC2)cc1. The van der Waals surface area contributed by atoms with Crippen molar-refractivity contribution in [2.75, 3.05) is 18.4 Å². The molecule has 1 aliphatic heterocycles. The van der Waals surface area contributed by atoms with E-state index >= 15 is 0 Å². The van der Waals surface area contributed by atoms with Gasteiger partial charge in [-0.05, 0) is 43.0 Å². The van der Waals surface area contributed by atoms with Crippen molar-refractivity contribution in [1.82, 2.24) is 4.90 Å². The Balaban J connectivity index is 1.61. The molecular weight excluding hydrogens is 324 g/mol. The zero-order valence-electron chi connectivity index (χ0n) is 15.4. The fourth-order valence-electron chi connectivity index (χ4n) is 3.18. The van der Waals surface area contributed by atoms with E-state index in [1.807, 2.05) is 30.3 Å². The van der Waals surface area contributed by atoms with Crippen LogP contribution in [0.4, 0.5) is 5.69 Å². The van der Waals surface area contributed by atoms with E-state index in [1.165, 1.54) is 16.7 Å². The molecule has 1 fully saturated rings. The first kappa shape index (κ1) is 18.4. The van der Waals surface area contributed by atoms with Crippen LogP contribution in [0.2, 0.25) is 0 Å². The number of nitrogens with one attached hydrogen (secondary N) is 1. The monoisotopic (exact) mass is 352 g/mol. The van der Waals surface area contributed by atoms with Gasteiger partial charge in [0.05, 0.1) is 12.6 Å². The lowest BCUT2D eigenvalue weighted by Crippen LogP contribution is -2.35. The van der Waals surface area contributed by atoms with Gasteiger partial charge in [-0.1, -0.05) is 42.0 Å². The molecule has 0 aromatic heterocycles. The summed E-state index contributed by atoms with van der Waals surface area (Å²) in [6.07, 6.45) is 1.57. The van der Waals surface area contributed by atoms with Gasteiger partial charge in [-0.15, -0.1) is 0 Å². The van der Waals surface area contributed by atoms with Crippen LogP contribution >= 0.6 is 0 Å². The van der Waals surface area contributed by atoms with Gasteiger partial charge >= 0.3 is 0 Å². The van der Waals surface area contributed by atoms with Crippen molar-refractivity contribution >= 4 is 11.6 Å². The summed E-state index contributed by atoms with van der Waals surface area (Å²) in [5.41, 5.74) is 10.7. The Bertz CT molecular complexity index is 734. The highest BCUT2D eigenvalue weighted by Gasteiger charge is 2.17. The molecule has 0 bridgehead atoms. The molecule has 138 valence electrons. The van der Waals surface area contributed by atoms with E-state index in [1.54, 1.807) is 0 Å². The summed E-state index contributed by atoms with van der Waals surface area (Å²) in [5, 5.41) is 12.8. The topological polar surface area (TPSA) is 73.9 Å². The van der Waals surface area contributed by atoms with E-state index in [0.717, 1.165) is 38.2 Å². The zero-order chi connectivity index (χ0) is 18.4. The van der Waals surface area contributed by atoms with Crippen LogP contribution in [0.1, 0.15) is 29.5 Å². The van der Waals surface area contributed by atoms with Crippen LogP contribution in [-0.4, -0.2) is 35.2 Å². The molecule has 26 heavy (non-hydrogen) atoms. The summed E-state index contributed by atoms with van der Waals surface area (Å²) in [7, 11) is 0. The number of rotatable bonds is 5. The Morgan fingerprint density at radius 2 is 1.77 bits per heavy atom. The summed E-state index contributed by atoms with van der Waals surface area (Å²) >= 11 is 0. The van der Waals surface area contributed by atoms with Crippen LogP contribution in [0.3, 0.4) is 0 Å². The van der Waals surface area contributed by atoms with Crippen LogP contribution in [0.15, 0.2) is 53.5 Å². The van der Waals surface area contributed by atoms with Crippen LogP contribution in [-0.2, 0) is 13.1 Å². The van der Waals surface area contributed by atoms with Crippen molar-refractivity contribution in [2.45, 2.75) is 39.0 Å². The minimum absolute atomic E-state index is 0.140. The van der Waals surface area contributed by atoms with Gasteiger partial charge in [-0.2, -0.15) is 0 Å². The molecule has 0 atom stereocenters. The minimum atomic E-state index is -0.140. The second-order valence-corrected chi connectivity index (χ2v) is 6.97. The van der Waals surface area contributed by atoms with Crippen molar-refractivity contribution in [3.8, 4) is 0 Å². The maximum atomic E-state index is 9.66. The molecule has 0 radical (unpaired) electrons. The molecule has 5 heteroatoms. The Morgan fingerprint density at radius 1 is 1.12 bits per heavy atom. The number of nitrogens with zero attached hydrogens (tertiary/aromatic N) is 2. The zero-order valence-corrected chi connectivity index (χ0v) is 15.4. The molecule has 1 heterocycles. The fourth-order valence-corrected chi connectivity index (χ4v) is 3.18. The third kappa shape index (κ3) is 5.31. The second kappa shape index (κ2) is 8.83. The summed E-state index contributed by atoms with van der Waals surface area (Å²) < 4.78 is 0. The largest absolute Gasteiger partial charge is 0.393 e. The Labute approximate surface area is 155 Å². The highest BCUT2D eigenvalue weighted by atomic mass is 16.3. The van der Waals surface area contributed by atoms with Gasteiger partial charge in [-0.25, -0.2) is 4.99 Å². The maximum absolute atomic E-state index is 9.66. The molecule has 5 nitrogen and oxygen atoms in total. The third-order valence-corrected chi connectivity index (χ3v) is 4.81. The number of hydrogen-bond donors (Lipinski definition) is 3. The Kier molecular flexibility index (Phi) is 6.26. The van der Waals surface area contributed by atoms with Crippen molar-refractivity contribution in [3.05, 3.63) is 65.2 Å². The van der Waals surface area contributed by atoms with Gasteiger partial charge in [-0.3, -0.25) is 4.90 Å². The van der Waals surface area contributed by atoms with E-state index in [-0.39, 0.29) is 6.10 Å². The molecule has 0 saturated carbocycles. The summed E-state index contributed by atoms with van der Waals surface area (Å²) in [6.45, 7) is 5.38. The summed E-state index contributed by atoms with van der Waals surface area (Å²) in [6, 6.07) is 16.4. The first-order valence-corrected chi connectivity index (χ1v) is 9.21. The number of aryl methyl sites for hydroxylation is 1. The number of aliphatic hydroxyl groups is 1. The number of anilines is 1. The lowest BCUT2D eigenvalue weighted by molar-refractivity contribution is 0.0791. The van der Waals surface area contributed by atoms with Gasteiger partial charge in [0, 0.05) is 25.3 Å². The van der Waals surface area contributed by atoms with E-state index in [0.29, 0.717) is 12.5 Å². The van der Waals surface area contributed by atoms with Crippen molar-refractivity contribution in [3.63, 3.8) is 0 Å². The number of benzene rings is 2. The molecule has 1 saturated heterocycles. The van der Waals surface area contributed by atoms with Crippen LogP contribution in [0.25, 0.3) is 0 Å². The molecule has 0 unspecified atom stereocenters. The number of piperidine rings is 1. The minimum Gasteiger partial charge on any atom is -0.393 e. The molecule has 3 rings (SSSR count). The van der Waals surface area contributed by atoms with E-state index in [4.69, 9.17) is 5.73 Å². The number of aliphatic hydroxyl groups excluding tert-OH is 1. The average Bonchev–Trinajstić information content (AvgIpc) is 2.65. The smallest absolute Gasteiger partial charge is 0.193 e. The normalized spacial score (nSPS) is 16.6. The lowest BCUT2D eigenvalue weighted by atomic mass is 10.0. The molecule has 0 spiro atoms. The summed E-state index contributed by atoms with van der Waals surface area (Å²) in [5.74, 6) is 0.421. The molecule has 0 aliphatic carbocycles. The predicted molar refractivity (Wildman–Crippen MR) is 107 cm³/mol. The maximum Gasteiger partial charge on any atom is 0.193 e. The van der Waals surface area contributed by atoms with E-state index in [2.05, 4.69) is 40.3 Å². The van der Waals surface area contributed by atoms with Gasteiger partial charge in [0.2, 0.25) is 0 Å². The molecular formula is C21H28N4O. The standard InChI is InChI=1S/C21H28N4O/c1-16-6-8-19(9-7-16)24-21(22)23-14-17-4-2-3-5-18(17)15-25-12-10-20(26)11-13-25/h2-9,20,26H,10-15H2,1H3,(H3,22,23,24). The fraction of sp³-hybridized carbons (Fsp3) is 0.381. The van der Waals surface area contributed by atoms with Crippen molar-refractivity contribution < 1.29 is 5.11 Å². The Morgan fingerprint density at radius 3 is 2.46 bits per heavy atom. The highest BCUT2D eigenvalue weighted by molar-refractivity contribution is 5.92. The van der Waals surface area contributed by atoms with E-state index < -0.39 is 0 Å². The summed E-state index contributed by atoms with van der Waals surface area (Å²) in [4.78, 5) is 6.89. The predicted octanol–water partition coefficient (Wildman–Crippen LogP) is 2.88. The number of nitrogens with two attached hydrogens (primary N) is 1. The van der Waals surface area contributed by atoms with Gasteiger partial charge < -0.3 is 16.2 Å². The van der Waals surface area contributed by atoms with Gasteiger partial charge in [0.15, 0.2) is 5.96 Å². The number of guanidine groups is 1. The third-order valence-electron chi connectivity index (χ3n) is 4.81. The first-order chi connectivity index (χ1) is 12.6. The van der Waals surface area contributed by atoms with Crippen molar-refractivity contribution in [2.24, 2.45) is 10.7 Å². The highest BCUT2D eigenvalue weighted by Crippen LogP contribution is 2.17. The van der Waals surface area contributed by atoms with E-state index in [9.17, 15) is 5.11 Å². The van der Waals surface area contributed by atoms with Crippen molar-refractivity contribution in [1.29, 1.82) is 0 Å². The quantitative estimate of drug-likeness (QED) is 0.571. The number of hydrogen-bond acceptors (Lipinski definition) is 3. The Hall–Kier alpha value is -2.37. The van der Waals surface area contributed by atoms with Gasteiger partial charge in [0.25, 0.3) is 0 Å². The lowest BCUT2D eigenvalue weighted by Gasteiger charge is -2.30. The molecule has 2 aromatic rings. The van der Waals surface area contributed by atoms with Crippen LogP contribution < -0.4 is 11.1 Å². The average molecular weight is 352 g/mol. The molecule has 4 N–H and O–H groups in total. The van der Waals surface area contributed by atoms with Crippen LogP contribution in [0, 0.1) is 6.92 Å². The number of likely N-dealkylation sites (tertiary alicyclic amines) is 1. The first-order valence-electron chi connectivity index (χ1n) is 9.21. The molecule has 2 aromatic carbocycles.